The van der Waals surface area contributed by atoms with Crippen molar-refractivity contribution in [3.63, 3.8) is 0 Å². The van der Waals surface area contributed by atoms with Crippen LogP contribution in [0.5, 0.6) is 17.2 Å². The molecule has 140 valence electrons. The molecule has 0 aliphatic rings. The number of benzene rings is 1. The first-order valence-corrected chi connectivity index (χ1v) is 8.17. The summed E-state index contributed by atoms with van der Waals surface area (Å²) in [5.74, 6) is 2.17. The smallest absolute Gasteiger partial charge is 0.239 e. The van der Waals surface area contributed by atoms with Crippen LogP contribution in [0.4, 0.5) is 0 Å². The van der Waals surface area contributed by atoms with Crippen molar-refractivity contribution in [3.05, 3.63) is 17.7 Å². The van der Waals surface area contributed by atoms with E-state index in [0.29, 0.717) is 42.8 Å². The average Bonchev–Trinajstić information content (AvgIpc) is 2.63. The van der Waals surface area contributed by atoms with E-state index in [9.17, 15) is 4.79 Å². The molecule has 0 saturated heterocycles. The summed E-state index contributed by atoms with van der Waals surface area (Å²) in [5.41, 5.74) is 0.893. The number of methoxy groups -OCH3 is 3. The van der Waals surface area contributed by atoms with Gasteiger partial charge in [0, 0.05) is 13.1 Å². The molecule has 0 radical (unpaired) electrons. The number of aliphatic imine (C=N–C) groups is 1. The minimum atomic E-state index is -0.0825. The number of carbonyl (C=O) groups is 1. The van der Waals surface area contributed by atoms with Crippen LogP contribution in [0.15, 0.2) is 17.1 Å². The van der Waals surface area contributed by atoms with Crippen LogP contribution in [0.25, 0.3) is 0 Å². The second-order valence-corrected chi connectivity index (χ2v) is 5.04. The number of ether oxygens (including phenoxy) is 3. The van der Waals surface area contributed by atoms with Crippen molar-refractivity contribution in [2.75, 3.05) is 41.0 Å². The largest absolute Gasteiger partial charge is 0.493 e. The molecule has 0 fully saturated rings. The first-order valence-electron chi connectivity index (χ1n) is 8.17. The van der Waals surface area contributed by atoms with Crippen LogP contribution in [0.2, 0.25) is 0 Å². The molecule has 0 aliphatic carbocycles. The number of rotatable bonds is 9. The van der Waals surface area contributed by atoms with Gasteiger partial charge < -0.3 is 30.2 Å². The van der Waals surface area contributed by atoms with Gasteiger partial charge in [0.15, 0.2) is 17.5 Å². The lowest BCUT2D eigenvalue weighted by Gasteiger charge is -2.14. The van der Waals surface area contributed by atoms with E-state index in [1.807, 2.05) is 26.0 Å². The van der Waals surface area contributed by atoms with E-state index in [4.69, 9.17) is 14.2 Å². The second kappa shape index (κ2) is 11.0. The van der Waals surface area contributed by atoms with Crippen LogP contribution >= 0.6 is 0 Å². The number of nitrogens with one attached hydrogen (secondary N) is 3. The Hall–Kier alpha value is -2.64. The summed E-state index contributed by atoms with van der Waals surface area (Å²) >= 11 is 0. The number of hydrogen-bond donors (Lipinski definition) is 3. The summed E-state index contributed by atoms with van der Waals surface area (Å²) in [5, 5.41) is 8.83. The Kier molecular flexibility index (Phi) is 8.99. The maximum absolute atomic E-state index is 11.6. The van der Waals surface area contributed by atoms with E-state index in [0.717, 1.165) is 5.56 Å². The summed E-state index contributed by atoms with van der Waals surface area (Å²) in [4.78, 5) is 16.0. The fraction of sp³-hybridized carbons (Fsp3) is 0.529. The molecule has 8 nitrogen and oxygen atoms in total. The highest BCUT2D eigenvalue weighted by atomic mass is 16.5. The Morgan fingerprint density at radius 2 is 1.56 bits per heavy atom. The van der Waals surface area contributed by atoms with Crippen LogP contribution in [-0.4, -0.2) is 52.8 Å². The molecule has 3 N–H and O–H groups in total. The molecule has 1 amide bonds. The molecular weight excluding hydrogens is 324 g/mol. The Balaban J connectivity index is 2.89. The van der Waals surface area contributed by atoms with E-state index in [1.165, 1.54) is 0 Å². The van der Waals surface area contributed by atoms with Crippen LogP contribution < -0.4 is 30.2 Å². The van der Waals surface area contributed by atoms with Crippen LogP contribution in [0.1, 0.15) is 19.4 Å². The maximum Gasteiger partial charge on any atom is 0.239 e. The number of carbonyl (C=O) groups excluding carboxylic acids is 1. The molecule has 0 saturated carbocycles. The molecule has 0 heterocycles. The first kappa shape index (κ1) is 20.4. The average molecular weight is 352 g/mol. The SMILES string of the molecule is CCNC(=O)CNC(=NCc1cc(OC)c(OC)c(OC)c1)NCC. The molecule has 0 spiro atoms. The third kappa shape index (κ3) is 6.40. The van der Waals surface area contributed by atoms with Crippen molar-refractivity contribution >= 4 is 11.9 Å². The van der Waals surface area contributed by atoms with Crippen molar-refractivity contribution in [3.8, 4) is 17.2 Å². The predicted octanol–water partition coefficient (Wildman–Crippen LogP) is 0.904. The quantitative estimate of drug-likeness (QED) is 0.452. The van der Waals surface area contributed by atoms with Gasteiger partial charge in [-0.15, -0.1) is 0 Å². The third-order valence-electron chi connectivity index (χ3n) is 3.28. The predicted molar refractivity (Wildman–Crippen MR) is 97.6 cm³/mol. The summed E-state index contributed by atoms with van der Waals surface area (Å²) in [6.45, 7) is 5.68. The molecular formula is C17H28N4O4. The minimum absolute atomic E-state index is 0.0825. The molecule has 8 heteroatoms. The van der Waals surface area contributed by atoms with Gasteiger partial charge in [-0.2, -0.15) is 0 Å². The van der Waals surface area contributed by atoms with Crippen molar-refractivity contribution in [2.24, 2.45) is 4.99 Å². The van der Waals surface area contributed by atoms with Crippen LogP contribution in [0.3, 0.4) is 0 Å². The maximum atomic E-state index is 11.6. The van der Waals surface area contributed by atoms with E-state index in [2.05, 4.69) is 20.9 Å². The third-order valence-corrected chi connectivity index (χ3v) is 3.28. The molecule has 0 unspecified atom stereocenters. The van der Waals surface area contributed by atoms with Gasteiger partial charge in [0.1, 0.15) is 0 Å². The number of nitrogens with zero attached hydrogens (tertiary/aromatic N) is 1. The number of hydrogen-bond acceptors (Lipinski definition) is 5. The Morgan fingerprint density at radius 3 is 2.04 bits per heavy atom. The Morgan fingerprint density at radius 1 is 0.960 bits per heavy atom. The van der Waals surface area contributed by atoms with Crippen molar-refractivity contribution in [2.45, 2.75) is 20.4 Å². The zero-order valence-corrected chi connectivity index (χ0v) is 15.6. The van der Waals surface area contributed by atoms with Crippen LogP contribution in [-0.2, 0) is 11.3 Å². The van der Waals surface area contributed by atoms with Gasteiger partial charge in [-0.05, 0) is 31.5 Å². The van der Waals surface area contributed by atoms with Crippen molar-refractivity contribution in [1.29, 1.82) is 0 Å². The lowest BCUT2D eigenvalue weighted by Crippen LogP contribution is -2.43. The minimum Gasteiger partial charge on any atom is -0.493 e. The normalized spacial score (nSPS) is 10.8. The summed E-state index contributed by atoms with van der Waals surface area (Å²) in [6.07, 6.45) is 0. The lowest BCUT2D eigenvalue weighted by molar-refractivity contribution is -0.119. The Bertz CT molecular complexity index is 565. The Labute approximate surface area is 148 Å². The van der Waals surface area contributed by atoms with Gasteiger partial charge >= 0.3 is 0 Å². The van der Waals surface area contributed by atoms with Gasteiger partial charge in [-0.25, -0.2) is 4.99 Å². The molecule has 1 aromatic rings. The van der Waals surface area contributed by atoms with E-state index in [1.54, 1.807) is 21.3 Å². The fourth-order valence-corrected chi connectivity index (χ4v) is 2.16. The summed E-state index contributed by atoms with van der Waals surface area (Å²) in [7, 11) is 4.71. The topological polar surface area (TPSA) is 93.2 Å². The molecule has 0 aliphatic heterocycles. The summed E-state index contributed by atoms with van der Waals surface area (Å²) < 4.78 is 16.0. The highest BCUT2D eigenvalue weighted by Crippen LogP contribution is 2.38. The van der Waals surface area contributed by atoms with Crippen molar-refractivity contribution < 1.29 is 19.0 Å². The molecule has 1 aromatic carbocycles. The van der Waals surface area contributed by atoms with Gasteiger partial charge in [0.25, 0.3) is 0 Å². The van der Waals surface area contributed by atoms with Gasteiger partial charge in [-0.1, -0.05) is 0 Å². The molecule has 0 aromatic heterocycles. The fourth-order valence-electron chi connectivity index (χ4n) is 2.16. The molecule has 1 rings (SSSR count). The molecule has 0 bridgehead atoms. The van der Waals surface area contributed by atoms with Crippen LogP contribution in [0, 0.1) is 0 Å². The molecule has 0 atom stereocenters. The van der Waals surface area contributed by atoms with Gasteiger partial charge in [-0.3, -0.25) is 4.79 Å². The second-order valence-electron chi connectivity index (χ2n) is 5.04. The number of likely N-dealkylation sites (N-methyl/N-ethyl adjacent to an activating group) is 1. The number of amides is 1. The van der Waals surface area contributed by atoms with Gasteiger partial charge in [0.05, 0.1) is 34.4 Å². The number of guanidine groups is 1. The monoisotopic (exact) mass is 352 g/mol. The zero-order chi connectivity index (χ0) is 18.7. The first-order chi connectivity index (χ1) is 12.1. The lowest BCUT2D eigenvalue weighted by atomic mass is 10.2. The van der Waals surface area contributed by atoms with E-state index in [-0.39, 0.29) is 12.5 Å². The van der Waals surface area contributed by atoms with Gasteiger partial charge in [0.2, 0.25) is 11.7 Å². The highest BCUT2D eigenvalue weighted by molar-refractivity contribution is 5.86. The van der Waals surface area contributed by atoms with E-state index < -0.39 is 0 Å². The zero-order valence-electron chi connectivity index (χ0n) is 15.6. The molecule has 25 heavy (non-hydrogen) atoms. The van der Waals surface area contributed by atoms with E-state index >= 15 is 0 Å². The standard InChI is InChI=1S/C17H28N4O4/c1-6-18-15(22)11-21-17(19-7-2)20-10-12-8-13(23-3)16(25-5)14(9-12)24-4/h8-9H,6-7,10-11H2,1-5H3,(H,18,22)(H2,19,20,21). The summed E-state index contributed by atoms with van der Waals surface area (Å²) in [6, 6.07) is 3.69. The van der Waals surface area contributed by atoms with Crippen molar-refractivity contribution in [1.82, 2.24) is 16.0 Å². The highest BCUT2D eigenvalue weighted by Gasteiger charge is 2.13.